The summed E-state index contributed by atoms with van der Waals surface area (Å²) in [6.45, 7) is -0.180. The first-order valence-electron chi connectivity index (χ1n) is 7.25. The molecule has 0 radical (unpaired) electrons. The van der Waals surface area contributed by atoms with Crippen molar-refractivity contribution in [1.29, 1.82) is 0 Å². The van der Waals surface area contributed by atoms with Crippen LogP contribution in [0.3, 0.4) is 0 Å². The van der Waals surface area contributed by atoms with Gasteiger partial charge in [-0.1, -0.05) is 12.1 Å². The van der Waals surface area contributed by atoms with Crippen LogP contribution >= 0.6 is 0 Å². The monoisotopic (exact) mass is 325 g/mol. The minimum Gasteiger partial charge on any atom is -0.451 e. The average Bonchev–Trinajstić information content (AvgIpc) is 2.53. The van der Waals surface area contributed by atoms with E-state index in [1.54, 1.807) is 24.3 Å². The fourth-order valence-electron chi connectivity index (χ4n) is 2.79. The van der Waals surface area contributed by atoms with Crippen LogP contribution < -0.4 is 5.43 Å². The summed E-state index contributed by atoms with van der Waals surface area (Å²) in [6, 6.07) is 7.47. The van der Waals surface area contributed by atoms with Crippen molar-refractivity contribution >= 4 is 16.9 Å². The number of para-hydroxylation sites is 1. The molecule has 1 aliphatic rings. The predicted octanol–water partition coefficient (Wildman–Crippen LogP) is 3.21. The number of halogens is 3. The van der Waals surface area contributed by atoms with Crippen LogP contribution in [-0.2, 0) is 0 Å². The van der Waals surface area contributed by atoms with Gasteiger partial charge in [0.05, 0.1) is 11.3 Å². The molecule has 1 aromatic heterocycles. The van der Waals surface area contributed by atoms with Crippen molar-refractivity contribution in [2.45, 2.75) is 19.0 Å². The maximum atomic E-state index is 12.8. The molecule has 1 atom stereocenters. The number of fused-ring (bicyclic) bond motifs is 1. The first-order chi connectivity index (χ1) is 10.9. The smallest absolute Gasteiger partial charge is 0.393 e. The summed E-state index contributed by atoms with van der Waals surface area (Å²) in [4.78, 5) is 25.5. The Kier molecular flexibility index (Phi) is 3.87. The van der Waals surface area contributed by atoms with Gasteiger partial charge in [-0.25, -0.2) is 0 Å². The number of nitrogens with zero attached hydrogens (tertiary/aromatic N) is 1. The van der Waals surface area contributed by atoms with Crippen molar-refractivity contribution in [1.82, 2.24) is 4.90 Å². The Morgan fingerprint density at radius 1 is 1.26 bits per heavy atom. The molecule has 122 valence electrons. The van der Waals surface area contributed by atoms with Crippen molar-refractivity contribution in [3.63, 3.8) is 0 Å². The van der Waals surface area contributed by atoms with Crippen molar-refractivity contribution < 1.29 is 22.4 Å². The highest BCUT2D eigenvalue weighted by atomic mass is 19.4. The Morgan fingerprint density at radius 3 is 2.74 bits per heavy atom. The molecule has 2 heterocycles. The quantitative estimate of drug-likeness (QED) is 0.809. The minimum absolute atomic E-state index is 0.00888. The summed E-state index contributed by atoms with van der Waals surface area (Å²) < 4.78 is 43.9. The largest absolute Gasteiger partial charge is 0.451 e. The molecule has 2 aromatic rings. The summed E-state index contributed by atoms with van der Waals surface area (Å²) >= 11 is 0. The molecular formula is C16H14F3NO3. The first-order valence-corrected chi connectivity index (χ1v) is 7.25. The zero-order valence-corrected chi connectivity index (χ0v) is 12.1. The molecular weight excluding hydrogens is 311 g/mol. The molecule has 4 nitrogen and oxygen atoms in total. The Balaban J connectivity index is 1.90. The average molecular weight is 325 g/mol. The Hall–Kier alpha value is -2.31. The lowest BCUT2D eigenvalue weighted by molar-refractivity contribution is -0.184. The van der Waals surface area contributed by atoms with E-state index in [0.29, 0.717) is 5.39 Å². The third-order valence-corrected chi connectivity index (χ3v) is 4.02. The van der Waals surface area contributed by atoms with Gasteiger partial charge >= 0.3 is 6.18 Å². The minimum atomic E-state index is -4.33. The highest BCUT2D eigenvalue weighted by Crippen LogP contribution is 2.33. The van der Waals surface area contributed by atoms with Crippen LogP contribution in [0.4, 0.5) is 13.2 Å². The fraction of sp³-hybridized carbons (Fsp3) is 0.375. The lowest BCUT2D eigenvalue weighted by Gasteiger charge is -2.33. The van der Waals surface area contributed by atoms with E-state index in [-0.39, 0.29) is 36.2 Å². The van der Waals surface area contributed by atoms with Gasteiger partial charge in [-0.2, -0.15) is 13.2 Å². The molecule has 3 rings (SSSR count). The van der Waals surface area contributed by atoms with Crippen LogP contribution in [0, 0.1) is 5.92 Å². The molecule has 1 amide bonds. The molecule has 1 saturated heterocycles. The highest BCUT2D eigenvalue weighted by Gasteiger charge is 2.43. The van der Waals surface area contributed by atoms with E-state index in [9.17, 15) is 22.8 Å². The van der Waals surface area contributed by atoms with Gasteiger partial charge in [-0.15, -0.1) is 0 Å². The summed E-state index contributed by atoms with van der Waals surface area (Å²) in [5.41, 5.74) is -0.146. The topological polar surface area (TPSA) is 50.5 Å². The van der Waals surface area contributed by atoms with E-state index < -0.39 is 24.5 Å². The number of piperidine rings is 1. The number of likely N-dealkylation sites (tertiary alicyclic amines) is 1. The second kappa shape index (κ2) is 5.72. The number of benzene rings is 1. The zero-order chi connectivity index (χ0) is 16.6. The highest BCUT2D eigenvalue weighted by molar-refractivity contribution is 5.93. The Labute approximate surface area is 129 Å². The van der Waals surface area contributed by atoms with Crippen LogP contribution in [0.2, 0.25) is 0 Å². The molecule has 0 spiro atoms. The molecule has 1 aliphatic heterocycles. The standard InChI is InChI=1S/C16H14F3NO3/c17-16(18,19)10-4-3-7-20(9-10)15(22)14-8-12(21)11-5-1-2-6-13(11)23-14/h1-2,5-6,8,10H,3-4,7,9H2/t10-/m1/s1. The number of carbonyl (C=O) groups is 1. The number of carbonyl (C=O) groups excluding carboxylic acids is 1. The van der Waals surface area contributed by atoms with Crippen LogP contribution in [0.1, 0.15) is 23.4 Å². The van der Waals surface area contributed by atoms with Gasteiger partial charge < -0.3 is 9.32 Å². The van der Waals surface area contributed by atoms with Crippen LogP contribution in [-0.4, -0.2) is 30.1 Å². The summed E-state index contributed by atoms with van der Waals surface area (Å²) in [5, 5.41) is 0.330. The van der Waals surface area contributed by atoms with E-state index in [1.807, 2.05) is 0 Å². The van der Waals surface area contributed by atoms with E-state index in [1.165, 1.54) is 0 Å². The van der Waals surface area contributed by atoms with Gasteiger partial charge in [0.1, 0.15) is 5.58 Å². The van der Waals surface area contributed by atoms with E-state index in [4.69, 9.17) is 4.42 Å². The summed E-state index contributed by atoms with van der Waals surface area (Å²) in [6.07, 6.45) is -4.05. The molecule has 23 heavy (non-hydrogen) atoms. The predicted molar refractivity (Wildman–Crippen MR) is 77.2 cm³/mol. The number of hydrogen-bond acceptors (Lipinski definition) is 3. The maximum Gasteiger partial charge on any atom is 0.393 e. The van der Waals surface area contributed by atoms with Gasteiger partial charge in [0.2, 0.25) is 0 Å². The van der Waals surface area contributed by atoms with Gasteiger partial charge in [0, 0.05) is 19.2 Å². The normalized spacial score (nSPS) is 19.1. The SMILES string of the molecule is O=C(c1cc(=O)c2ccccc2o1)N1CCC[C@@H](C(F)(F)F)C1. The van der Waals surface area contributed by atoms with Crippen molar-refractivity contribution in [3.8, 4) is 0 Å². The number of hydrogen-bond donors (Lipinski definition) is 0. The first kappa shape index (κ1) is 15.6. The third kappa shape index (κ3) is 3.09. The van der Waals surface area contributed by atoms with Gasteiger partial charge in [-0.3, -0.25) is 9.59 Å². The van der Waals surface area contributed by atoms with Gasteiger partial charge in [0.25, 0.3) is 5.91 Å². The zero-order valence-electron chi connectivity index (χ0n) is 12.1. The molecule has 0 unspecified atom stereocenters. The molecule has 0 aliphatic carbocycles. The Morgan fingerprint density at radius 2 is 2.00 bits per heavy atom. The second-order valence-corrected chi connectivity index (χ2v) is 5.60. The molecule has 1 fully saturated rings. The maximum absolute atomic E-state index is 12.8. The third-order valence-electron chi connectivity index (χ3n) is 4.02. The van der Waals surface area contributed by atoms with E-state index in [2.05, 4.69) is 0 Å². The van der Waals surface area contributed by atoms with Crippen LogP contribution in [0.5, 0.6) is 0 Å². The van der Waals surface area contributed by atoms with Crippen LogP contribution in [0.25, 0.3) is 11.0 Å². The summed E-state index contributed by atoms with van der Waals surface area (Å²) in [7, 11) is 0. The van der Waals surface area contributed by atoms with Gasteiger partial charge in [0.15, 0.2) is 11.2 Å². The molecule has 0 N–H and O–H groups in total. The second-order valence-electron chi connectivity index (χ2n) is 5.60. The van der Waals surface area contributed by atoms with Gasteiger partial charge in [-0.05, 0) is 25.0 Å². The van der Waals surface area contributed by atoms with E-state index >= 15 is 0 Å². The number of amides is 1. The molecule has 7 heteroatoms. The molecule has 1 aromatic carbocycles. The lowest BCUT2D eigenvalue weighted by atomic mass is 9.97. The lowest BCUT2D eigenvalue weighted by Crippen LogP contribution is -2.44. The van der Waals surface area contributed by atoms with Crippen molar-refractivity contribution in [3.05, 3.63) is 46.3 Å². The number of rotatable bonds is 1. The summed E-state index contributed by atoms with van der Waals surface area (Å²) in [5.74, 6) is -2.44. The van der Waals surface area contributed by atoms with Crippen molar-refractivity contribution in [2.75, 3.05) is 13.1 Å². The van der Waals surface area contributed by atoms with E-state index in [0.717, 1.165) is 11.0 Å². The van der Waals surface area contributed by atoms with Crippen LogP contribution in [0.15, 0.2) is 39.5 Å². The molecule has 0 saturated carbocycles. The fourth-order valence-corrected chi connectivity index (χ4v) is 2.79. The Bertz CT molecular complexity index is 797. The number of alkyl halides is 3. The van der Waals surface area contributed by atoms with Crippen molar-refractivity contribution in [2.24, 2.45) is 5.92 Å². The molecule has 0 bridgehead atoms.